The van der Waals surface area contributed by atoms with Crippen LogP contribution in [0.5, 0.6) is 5.75 Å². The van der Waals surface area contributed by atoms with Crippen molar-refractivity contribution in [3.8, 4) is 5.75 Å². The number of ether oxygens (including phenoxy) is 2. The number of thiophene rings is 1. The SMILES string of the molecule is COCCOc1cc(C)ccc1NCc1cc(Cl)cs1. The Morgan fingerprint density at radius 1 is 1.25 bits per heavy atom. The van der Waals surface area contributed by atoms with Crippen LogP contribution < -0.4 is 10.1 Å². The van der Waals surface area contributed by atoms with Crippen molar-refractivity contribution in [3.63, 3.8) is 0 Å². The van der Waals surface area contributed by atoms with E-state index in [0.29, 0.717) is 13.2 Å². The molecule has 0 spiro atoms. The Hall–Kier alpha value is -1.23. The highest BCUT2D eigenvalue weighted by Crippen LogP contribution is 2.27. The average Bonchev–Trinajstić information content (AvgIpc) is 2.84. The van der Waals surface area contributed by atoms with E-state index in [2.05, 4.69) is 11.4 Å². The van der Waals surface area contributed by atoms with Crippen LogP contribution in [0.4, 0.5) is 5.69 Å². The summed E-state index contributed by atoms with van der Waals surface area (Å²) < 4.78 is 10.7. The van der Waals surface area contributed by atoms with Crippen LogP contribution in [-0.2, 0) is 11.3 Å². The minimum Gasteiger partial charge on any atom is -0.489 e. The minimum absolute atomic E-state index is 0.541. The molecular formula is C15H18ClNO2S. The molecule has 0 atom stereocenters. The van der Waals surface area contributed by atoms with E-state index in [4.69, 9.17) is 21.1 Å². The van der Waals surface area contributed by atoms with E-state index < -0.39 is 0 Å². The van der Waals surface area contributed by atoms with E-state index in [1.165, 1.54) is 10.4 Å². The Balaban J connectivity index is 2.01. The summed E-state index contributed by atoms with van der Waals surface area (Å²) in [4.78, 5) is 1.19. The maximum absolute atomic E-state index is 5.92. The van der Waals surface area contributed by atoms with Gasteiger partial charge in [-0.05, 0) is 30.7 Å². The molecule has 0 saturated carbocycles. The highest BCUT2D eigenvalue weighted by molar-refractivity contribution is 7.10. The standard InChI is InChI=1S/C15H18ClNO2S/c1-11-3-4-14(15(7-11)19-6-5-18-2)17-9-13-8-12(16)10-20-13/h3-4,7-8,10,17H,5-6,9H2,1-2H3. The molecule has 1 aromatic carbocycles. The van der Waals surface area contributed by atoms with Gasteiger partial charge in [0.1, 0.15) is 12.4 Å². The van der Waals surface area contributed by atoms with Crippen molar-refractivity contribution in [2.24, 2.45) is 0 Å². The smallest absolute Gasteiger partial charge is 0.142 e. The van der Waals surface area contributed by atoms with Crippen LogP contribution in [0.25, 0.3) is 0 Å². The van der Waals surface area contributed by atoms with Crippen molar-refractivity contribution in [3.05, 3.63) is 45.1 Å². The molecule has 0 aliphatic rings. The molecule has 108 valence electrons. The number of hydrogen-bond donors (Lipinski definition) is 1. The van der Waals surface area contributed by atoms with Crippen LogP contribution in [0.15, 0.2) is 29.6 Å². The first kappa shape index (κ1) is 15.2. The fourth-order valence-corrected chi connectivity index (χ4v) is 2.77. The van der Waals surface area contributed by atoms with E-state index in [1.807, 2.05) is 30.5 Å². The first-order valence-electron chi connectivity index (χ1n) is 6.38. The molecule has 0 fully saturated rings. The van der Waals surface area contributed by atoms with Crippen LogP contribution in [0.3, 0.4) is 0 Å². The lowest BCUT2D eigenvalue weighted by molar-refractivity contribution is 0.146. The molecule has 0 amide bonds. The summed E-state index contributed by atoms with van der Waals surface area (Å²) in [6.45, 7) is 3.90. The van der Waals surface area contributed by atoms with Gasteiger partial charge < -0.3 is 14.8 Å². The van der Waals surface area contributed by atoms with Gasteiger partial charge in [0.2, 0.25) is 0 Å². The molecule has 1 aromatic heterocycles. The van der Waals surface area contributed by atoms with Gasteiger partial charge in [0.15, 0.2) is 0 Å². The second kappa shape index (κ2) is 7.53. The van der Waals surface area contributed by atoms with E-state index in [0.717, 1.165) is 23.0 Å². The number of nitrogens with one attached hydrogen (secondary N) is 1. The Kier molecular flexibility index (Phi) is 5.71. The fraction of sp³-hybridized carbons (Fsp3) is 0.333. The van der Waals surface area contributed by atoms with E-state index >= 15 is 0 Å². The van der Waals surface area contributed by atoms with Gasteiger partial charge in [0.05, 0.1) is 17.3 Å². The second-order valence-corrected chi connectivity index (χ2v) is 5.86. The van der Waals surface area contributed by atoms with Crippen molar-refractivity contribution in [1.29, 1.82) is 0 Å². The molecule has 0 unspecified atom stereocenters. The topological polar surface area (TPSA) is 30.5 Å². The highest BCUT2D eigenvalue weighted by atomic mass is 35.5. The molecule has 20 heavy (non-hydrogen) atoms. The third-order valence-electron chi connectivity index (χ3n) is 2.76. The predicted molar refractivity (Wildman–Crippen MR) is 85.2 cm³/mol. The second-order valence-electron chi connectivity index (χ2n) is 4.43. The zero-order valence-corrected chi connectivity index (χ0v) is 13.2. The van der Waals surface area contributed by atoms with Crippen molar-refractivity contribution in [1.82, 2.24) is 0 Å². The number of hydrogen-bond acceptors (Lipinski definition) is 4. The summed E-state index contributed by atoms with van der Waals surface area (Å²) in [5.41, 5.74) is 2.15. The molecule has 3 nitrogen and oxygen atoms in total. The van der Waals surface area contributed by atoms with Gasteiger partial charge in [-0.1, -0.05) is 17.7 Å². The predicted octanol–water partition coefficient (Wildman–Crippen LogP) is 4.35. The number of aryl methyl sites for hydroxylation is 1. The fourth-order valence-electron chi connectivity index (χ4n) is 1.76. The zero-order valence-electron chi connectivity index (χ0n) is 11.6. The van der Waals surface area contributed by atoms with Gasteiger partial charge in [-0.3, -0.25) is 0 Å². The van der Waals surface area contributed by atoms with Crippen molar-refractivity contribution in [2.75, 3.05) is 25.6 Å². The summed E-state index contributed by atoms with van der Waals surface area (Å²) >= 11 is 7.57. The van der Waals surface area contributed by atoms with Gasteiger partial charge >= 0.3 is 0 Å². The van der Waals surface area contributed by atoms with E-state index in [1.54, 1.807) is 18.4 Å². The van der Waals surface area contributed by atoms with Crippen LogP contribution in [0.1, 0.15) is 10.4 Å². The molecular weight excluding hydrogens is 294 g/mol. The molecule has 2 aromatic rings. The van der Waals surface area contributed by atoms with Crippen LogP contribution in [-0.4, -0.2) is 20.3 Å². The Bertz CT molecular complexity index is 557. The summed E-state index contributed by atoms with van der Waals surface area (Å²) in [6, 6.07) is 8.10. The molecule has 0 aliphatic heterocycles. The summed E-state index contributed by atoms with van der Waals surface area (Å²) in [7, 11) is 1.67. The number of benzene rings is 1. The molecule has 0 aliphatic carbocycles. The largest absolute Gasteiger partial charge is 0.489 e. The normalized spacial score (nSPS) is 10.6. The third kappa shape index (κ3) is 4.40. The molecule has 1 N–H and O–H groups in total. The van der Waals surface area contributed by atoms with Gasteiger partial charge in [0, 0.05) is 23.9 Å². The maximum atomic E-state index is 5.92. The molecule has 0 saturated heterocycles. The average molecular weight is 312 g/mol. The Morgan fingerprint density at radius 3 is 2.80 bits per heavy atom. The maximum Gasteiger partial charge on any atom is 0.142 e. The van der Waals surface area contributed by atoms with Gasteiger partial charge in [-0.15, -0.1) is 11.3 Å². The summed E-state index contributed by atoms with van der Waals surface area (Å²) in [6.07, 6.45) is 0. The zero-order chi connectivity index (χ0) is 14.4. The van der Waals surface area contributed by atoms with Crippen molar-refractivity contribution >= 4 is 28.6 Å². The van der Waals surface area contributed by atoms with E-state index in [9.17, 15) is 0 Å². The third-order valence-corrected chi connectivity index (χ3v) is 4.04. The quantitative estimate of drug-likeness (QED) is 0.771. The number of halogens is 1. The van der Waals surface area contributed by atoms with Crippen LogP contribution >= 0.6 is 22.9 Å². The molecule has 2 rings (SSSR count). The van der Waals surface area contributed by atoms with Gasteiger partial charge in [-0.2, -0.15) is 0 Å². The first-order chi connectivity index (χ1) is 9.69. The van der Waals surface area contributed by atoms with Crippen LogP contribution in [0, 0.1) is 6.92 Å². The highest BCUT2D eigenvalue weighted by Gasteiger charge is 2.05. The molecule has 1 heterocycles. The number of methoxy groups -OCH3 is 1. The molecule has 0 radical (unpaired) electrons. The Labute approximate surface area is 128 Å². The lowest BCUT2D eigenvalue weighted by Crippen LogP contribution is -2.07. The summed E-state index contributed by atoms with van der Waals surface area (Å²) in [5, 5.41) is 6.10. The lowest BCUT2D eigenvalue weighted by atomic mass is 10.2. The lowest BCUT2D eigenvalue weighted by Gasteiger charge is -2.13. The number of rotatable bonds is 7. The minimum atomic E-state index is 0.541. The van der Waals surface area contributed by atoms with Gasteiger partial charge in [0.25, 0.3) is 0 Å². The first-order valence-corrected chi connectivity index (χ1v) is 7.64. The summed E-state index contributed by atoms with van der Waals surface area (Å²) in [5.74, 6) is 0.852. The van der Waals surface area contributed by atoms with Crippen LogP contribution in [0.2, 0.25) is 5.02 Å². The monoisotopic (exact) mass is 311 g/mol. The van der Waals surface area contributed by atoms with Crippen molar-refractivity contribution in [2.45, 2.75) is 13.5 Å². The molecule has 5 heteroatoms. The Morgan fingerprint density at radius 2 is 2.10 bits per heavy atom. The van der Waals surface area contributed by atoms with E-state index in [-0.39, 0.29) is 0 Å². The van der Waals surface area contributed by atoms with Crippen molar-refractivity contribution < 1.29 is 9.47 Å². The molecule has 0 bridgehead atoms. The van der Waals surface area contributed by atoms with Gasteiger partial charge in [-0.25, -0.2) is 0 Å². The number of anilines is 1.